The van der Waals surface area contributed by atoms with Crippen LogP contribution in [-0.2, 0) is 14.8 Å². The molecule has 27 heavy (non-hydrogen) atoms. The fourth-order valence-corrected chi connectivity index (χ4v) is 4.39. The molecule has 0 heterocycles. The lowest BCUT2D eigenvalue weighted by atomic mass is 9.94. The second kappa shape index (κ2) is 9.32. The molecule has 0 unspecified atom stereocenters. The van der Waals surface area contributed by atoms with Gasteiger partial charge in [-0.3, -0.25) is 9.59 Å². The fraction of sp³-hybridized carbons (Fsp3) is 0.579. The molecule has 3 N–H and O–H groups in total. The summed E-state index contributed by atoms with van der Waals surface area (Å²) in [5.74, 6) is -1.67. The van der Waals surface area contributed by atoms with Crippen LogP contribution >= 0.6 is 0 Å². The molecule has 0 radical (unpaired) electrons. The summed E-state index contributed by atoms with van der Waals surface area (Å²) in [5.41, 5.74) is 0.311. The zero-order valence-electron chi connectivity index (χ0n) is 15.8. The van der Waals surface area contributed by atoms with Crippen molar-refractivity contribution in [2.24, 2.45) is 11.8 Å². The van der Waals surface area contributed by atoms with Gasteiger partial charge in [-0.15, -0.1) is 0 Å². The van der Waals surface area contributed by atoms with Gasteiger partial charge in [0.15, 0.2) is 0 Å². The molecule has 1 aliphatic carbocycles. The fourth-order valence-electron chi connectivity index (χ4n) is 3.17. The van der Waals surface area contributed by atoms with E-state index in [-0.39, 0.29) is 16.7 Å². The van der Waals surface area contributed by atoms with Crippen LogP contribution in [0, 0.1) is 11.8 Å². The Morgan fingerprint density at radius 3 is 2.33 bits per heavy atom. The lowest BCUT2D eigenvalue weighted by molar-refractivity contribution is -0.142. The topological polar surface area (TPSA) is 113 Å². The number of rotatable bonds is 7. The lowest BCUT2D eigenvalue weighted by Gasteiger charge is -2.23. The van der Waals surface area contributed by atoms with E-state index in [0.717, 1.165) is 19.3 Å². The second-order valence-electron chi connectivity index (χ2n) is 7.43. The van der Waals surface area contributed by atoms with Crippen molar-refractivity contribution in [3.8, 4) is 0 Å². The number of sulfonamides is 1. The summed E-state index contributed by atoms with van der Waals surface area (Å²) < 4.78 is 26.9. The van der Waals surface area contributed by atoms with E-state index in [1.54, 1.807) is 0 Å². The van der Waals surface area contributed by atoms with Crippen molar-refractivity contribution in [3.05, 3.63) is 29.8 Å². The smallest absolute Gasteiger partial charge is 0.308 e. The van der Waals surface area contributed by atoms with Crippen LogP contribution in [0.4, 0.5) is 0 Å². The third-order valence-corrected chi connectivity index (χ3v) is 6.20. The van der Waals surface area contributed by atoms with E-state index in [9.17, 15) is 23.1 Å². The van der Waals surface area contributed by atoms with E-state index in [2.05, 4.69) is 10.0 Å². The number of carboxylic acids is 1. The van der Waals surface area contributed by atoms with E-state index in [1.165, 1.54) is 24.3 Å². The van der Waals surface area contributed by atoms with Gasteiger partial charge in [0.1, 0.15) is 0 Å². The molecule has 1 saturated carbocycles. The van der Waals surface area contributed by atoms with Crippen molar-refractivity contribution < 1.29 is 23.1 Å². The molecule has 1 aliphatic rings. The van der Waals surface area contributed by atoms with Crippen molar-refractivity contribution >= 4 is 21.9 Å². The summed E-state index contributed by atoms with van der Waals surface area (Å²) >= 11 is 0. The molecule has 2 rings (SSSR count). The van der Waals surface area contributed by atoms with Gasteiger partial charge in [0.2, 0.25) is 10.0 Å². The standard InChI is InChI=1S/C19H28N2O5S/c1-13(2)12-20-27(25,26)15-10-8-14(9-11-15)18(22)21-17-7-5-3-4-6-16(17)19(23)24/h8-11,13,16-17,20H,3-7,12H2,1-2H3,(H,21,22)(H,23,24)/t16-,17+/m1/s1. The van der Waals surface area contributed by atoms with Crippen molar-refractivity contribution in [2.75, 3.05) is 6.54 Å². The minimum atomic E-state index is -3.61. The number of nitrogens with one attached hydrogen (secondary N) is 2. The van der Waals surface area contributed by atoms with Crippen molar-refractivity contribution in [1.82, 2.24) is 10.0 Å². The SMILES string of the molecule is CC(C)CNS(=O)(=O)c1ccc(C(=O)N[C@H]2CCCCC[C@H]2C(=O)O)cc1. The van der Waals surface area contributed by atoms with Gasteiger partial charge in [-0.05, 0) is 43.0 Å². The molecule has 1 aromatic carbocycles. The largest absolute Gasteiger partial charge is 0.481 e. The van der Waals surface area contributed by atoms with E-state index in [4.69, 9.17) is 0 Å². The zero-order valence-corrected chi connectivity index (χ0v) is 16.6. The van der Waals surface area contributed by atoms with Crippen LogP contribution in [0.3, 0.4) is 0 Å². The Labute approximate surface area is 160 Å². The number of hydrogen-bond acceptors (Lipinski definition) is 4. The predicted octanol–water partition coefficient (Wildman–Crippen LogP) is 2.38. The van der Waals surface area contributed by atoms with Crippen LogP contribution in [0.25, 0.3) is 0 Å². The maximum atomic E-state index is 12.5. The number of carbonyl (C=O) groups excluding carboxylic acids is 1. The first-order valence-corrected chi connectivity index (χ1v) is 10.8. The van der Waals surface area contributed by atoms with Crippen molar-refractivity contribution in [3.63, 3.8) is 0 Å². The summed E-state index contributed by atoms with van der Waals surface area (Å²) in [5, 5.41) is 12.2. The van der Waals surface area contributed by atoms with Crippen LogP contribution in [0.15, 0.2) is 29.2 Å². The van der Waals surface area contributed by atoms with Gasteiger partial charge in [-0.2, -0.15) is 0 Å². The second-order valence-corrected chi connectivity index (χ2v) is 9.20. The summed E-state index contributed by atoms with van der Waals surface area (Å²) in [6, 6.07) is 5.27. The number of carboxylic acid groups (broad SMARTS) is 1. The maximum Gasteiger partial charge on any atom is 0.308 e. The van der Waals surface area contributed by atoms with Crippen molar-refractivity contribution in [1.29, 1.82) is 0 Å². The van der Waals surface area contributed by atoms with Gasteiger partial charge < -0.3 is 10.4 Å². The molecule has 150 valence electrons. The van der Waals surface area contributed by atoms with Crippen LogP contribution in [0.1, 0.15) is 56.3 Å². The third kappa shape index (κ3) is 6.04. The highest BCUT2D eigenvalue weighted by atomic mass is 32.2. The van der Waals surface area contributed by atoms with Gasteiger partial charge in [0.25, 0.3) is 5.91 Å². The zero-order chi connectivity index (χ0) is 20.0. The van der Waals surface area contributed by atoms with Gasteiger partial charge in [-0.1, -0.05) is 33.1 Å². The highest BCUT2D eigenvalue weighted by Crippen LogP contribution is 2.24. The van der Waals surface area contributed by atoms with Gasteiger partial charge in [0.05, 0.1) is 10.8 Å². The molecule has 8 heteroatoms. The predicted molar refractivity (Wildman–Crippen MR) is 102 cm³/mol. The van der Waals surface area contributed by atoms with E-state index in [1.807, 2.05) is 13.8 Å². The molecule has 0 spiro atoms. The molecule has 2 atom stereocenters. The monoisotopic (exact) mass is 396 g/mol. The molecule has 7 nitrogen and oxygen atoms in total. The Kier molecular flexibility index (Phi) is 7.38. The average Bonchev–Trinajstić information content (AvgIpc) is 2.85. The normalized spacial score (nSPS) is 20.9. The molecular weight excluding hydrogens is 368 g/mol. The minimum absolute atomic E-state index is 0.0950. The third-order valence-electron chi connectivity index (χ3n) is 4.76. The van der Waals surface area contributed by atoms with Crippen LogP contribution in [-0.4, -0.2) is 38.0 Å². The summed E-state index contributed by atoms with van der Waals surface area (Å²) in [6.07, 6.45) is 3.88. The lowest BCUT2D eigenvalue weighted by Crippen LogP contribution is -2.42. The summed E-state index contributed by atoms with van der Waals surface area (Å²) in [7, 11) is -3.61. The number of benzene rings is 1. The Bertz CT molecular complexity index is 759. The highest BCUT2D eigenvalue weighted by Gasteiger charge is 2.30. The van der Waals surface area contributed by atoms with Crippen LogP contribution < -0.4 is 10.0 Å². The first kappa shape index (κ1) is 21.4. The first-order chi connectivity index (χ1) is 12.7. The maximum absolute atomic E-state index is 12.5. The van der Waals surface area contributed by atoms with Crippen LogP contribution in [0.5, 0.6) is 0 Å². The van der Waals surface area contributed by atoms with Crippen LogP contribution in [0.2, 0.25) is 0 Å². The highest BCUT2D eigenvalue weighted by molar-refractivity contribution is 7.89. The van der Waals surface area contributed by atoms with Crippen molar-refractivity contribution in [2.45, 2.75) is 56.9 Å². The molecule has 1 fully saturated rings. The Morgan fingerprint density at radius 2 is 1.74 bits per heavy atom. The number of amides is 1. The number of carbonyl (C=O) groups is 2. The molecule has 0 bridgehead atoms. The molecule has 0 aromatic heterocycles. The Hall–Kier alpha value is -1.93. The number of hydrogen-bond donors (Lipinski definition) is 3. The van der Waals surface area contributed by atoms with E-state index < -0.39 is 28.0 Å². The molecular formula is C19H28N2O5S. The molecule has 1 aromatic rings. The van der Waals surface area contributed by atoms with Gasteiger partial charge in [0, 0.05) is 18.2 Å². The molecule has 0 saturated heterocycles. The van der Waals surface area contributed by atoms with E-state index >= 15 is 0 Å². The van der Waals surface area contributed by atoms with Gasteiger partial charge in [-0.25, -0.2) is 13.1 Å². The Morgan fingerprint density at radius 1 is 1.11 bits per heavy atom. The first-order valence-electron chi connectivity index (χ1n) is 9.34. The summed E-state index contributed by atoms with van der Waals surface area (Å²) in [6.45, 7) is 4.16. The van der Waals surface area contributed by atoms with Gasteiger partial charge >= 0.3 is 5.97 Å². The Balaban J connectivity index is 2.07. The average molecular weight is 397 g/mol. The number of aliphatic carboxylic acids is 1. The van der Waals surface area contributed by atoms with E-state index in [0.29, 0.717) is 24.9 Å². The molecule has 0 aliphatic heterocycles. The quantitative estimate of drug-likeness (QED) is 0.613. The molecule has 1 amide bonds. The summed E-state index contributed by atoms with van der Waals surface area (Å²) in [4.78, 5) is 24.1. The minimum Gasteiger partial charge on any atom is -0.481 e.